The Morgan fingerprint density at radius 2 is 1.85 bits per heavy atom. The molecule has 3 aromatic rings. The van der Waals surface area contributed by atoms with E-state index in [0.29, 0.717) is 24.9 Å². The molecule has 6 nitrogen and oxygen atoms in total. The molecule has 0 aliphatic rings. The van der Waals surface area contributed by atoms with Crippen LogP contribution in [0.4, 0.5) is 0 Å². The molecule has 0 spiro atoms. The SMILES string of the molecule is CN=C(NCc1ncc(-c2ccc(C)cc2)o1)NCc1sc(C)nc1C. The van der Waals surface area contributed by atoms with Gasteiger partial charge in [0.25, 0.3) is 0 Å². The Bertz CT molecular complexity index is 895. The van der Waals surface area contributed by atoms with Gasteiger partial charge in [-0.2, -0.15) is 0 Å². The Balaban J connectivity index is 1.55. The van der Waals surface area contributed by atoms with Crippen molar-refractivity contribution in [2.24, 2.45) is 4.99 Å². The van der Waals surface area contributed by atoms with Gasteiger partial charge in [0.2, 0.25) is 5.89 Å². The summed E-state index contributed by atoms with van der Waals surface area (Å²) in [5, 5.41) is 7.59. The summed E-state index contributed by atoms with van der Waals surface area (Å²) in [5.41, 5.74) is 3.30. The molecule has 0 radical (unpaired) electrons. The number of benzene rings is 1. The highest BCUT2D eigenvalue weighted by Gasteiger charge is 2.09. The fraction of sp³-hybridized carbons (Fsp3) is 0.316. The number of hydrogen-bond donors (Lipinski definition) is 2. The molecule has 0 atom stereocenters. The van der Waals surface area contributed by atoms with Crippen molar-refractivity contribution in [2.45, 2.75) is 33.9 Å². The molecule has 0 bridgehead atoms. The van der Waals surface area contributed by atoms with Gasteiger partial charge in [0.05, 0.1) is 30.0 Å². The van der Waals surface area contributed by atoms with Crippen molar-refractivity contribution in [3.05, 3.63) is 57.5 Å². The van der Waals surface area contributed by atoms with Gasteiger partial charge in [0.1, 0.15) is 0 Å². The van der Waals surface area contributed by atoms with Crippen molar-refractivity contribution in [3.63, 3.8) is 0 Å². The van der Waals surface area contributed by atoms with Crippen LogP contribution >= 0.6 is 11.3 Å². The third kappa shape index (κ3) is 4.49. The monoisotopic (exact) mass is 369 g/mol. The lowest BCUT2D eigenvalue weighted by Crippen LogP contribution is -2.36. The van der Waals surface area contributed by atoms with Crippen molar-refractivity contribution in [1.82, 2.24) is 20.6 Å². The summed E-state index contributed by atoms with van der Waals surface area (Å²) < 4.78 is 5.83. The summed E-state index contributed by atoms with van der Waals surface area (Å²) in [6.45, 7) is 7.26. The maximum absolute atomic E-state index is 5.83. The van der Waals surface area contributed by atoms with Crippen LogP contribution in [0.5, 0.6) is 0 Å². The molecule has 0 saturated carbocycles. The molecule has 0 unspecified atom stereocenters. The Morgan fingerprint density at radius 3 is 2.50 bits per heavy atom. The third-order valence-electron chi connectivity index (χ3n) is 3.94. The summed E-state index contributed by atoms with van der Waals surface area (Å²) in [6, 6.07) is 8.19. The molecule has 7 heteroatoms. The molecular formula is C19H23N5OS. The molecule has 0 aliphatic carbocycles. The number of nitrogens with one attached hydrogen (secondary N) is 2. The van der Waals surface area contributed by atoms with E-state index in [-0.39, 0.29) is 0 Å². The van der Waals surface area contributed by atoms with Gasteiger partial charge in [0.15, 0.2) is 11.7 Å². The van der Waals surface area contributed by atoms with Crippen LogP contribution in [0.15, 0.2) is 39.9 Å². The summed E-state index contributed by atoms with van der Waals surface area (Å²) >= 11 is 1.70. The molecule has 2 N–H and O–H groups in total. The van der Waals surface area contributed by atoms with Gasteiger partial charge in [-0.1, -0.05) is 29.8 Å². The largest absolute Gasteiger partial charge is 0.439 e. The number of guanidine groups is 1. The van der Waals surface area contributed by atoms with Gasteiger partial charge in [-0.05, 0) is 20.8 Å². The minimum atomic E-state index is 0.465. The van der Waals surface area contributed by atoms with E-state index in [9.17, 15) is 0 Å². The van der Waals surface area contributed by atoms with Crippen molar-refractivity contribution in [2.75, 3.05) is 7.05 Å². The number of aliphatic imine (C=N–C) groups is 1. The molecule has 0 saturated heterocycles. The average Bonchev–Trinajstić information content (AvgIpc) is 3.22. The molecule has 136 valence electrons. The topological polar surface area (TPSA) is 75.3 Å². The van der Waals surface area contributed by atoms with Gasteiger partial charge in [-0.25, -0.2) is 9.97 Å². The summed E-state index contributed by atoms with van der Waals surface area (Å²) in [5.74, 6) is 2.08. The van der Waals surface area contributed by atoms with Gasteiger partial charge < -0.3 is 15.1 Å². The minimum Gasteiger partial charge on any atom is -0.439 e. The van der Waals surface area contributed by atoms with Crippen molar-refractivity contribution < 1.29 is 4.42 Å². The molecular weight excluding hydrogens is 346 g/mol. The first-order valence-corrected chi connectivity index (χ1v) is 9.26. The predicted molar refractivity (Wildman–Crippen MR) is 105 cm³/mol. The third-order valence-corrected chi connectivity index (χ3v) is 5.01. The minimum absolute atomic E-state index is 0.465. The highest BCUT2D eigenvalue weighted by molar-refractivity contribution is 7.11. The number of thiazole rings is 1. The summed E-state index contributed by atoms with van der Waals surface area (Å²) in [4.78, 5) is 14.2. The molecule has 0 fully saturated rings. The first kappa shape index (κ1) is 18.1. The number of hydrogen-bond acceptors (Lipinski definition) is 5. The number of oxazole rings is 1. The van der Waals surface area contributed by atoms with Crippen LogP contribution in [-0.4, -0.2) is 23.0 Å². The van der Waals surface area contributed by atoms with E-state index in [0.717, 1.165) is 22.0 Å². The molecule has 0 aliphatic heterocycles. The van der Waals surface area contributed by atoms with Crippen molar-refractivity contribution in [1.29, 1.82) is 0 Å². The first-order chi connectivity index (χ1) is 12.5. The molecule has 26 heavy (non-hydrogen) atoms. The number of nitrogens with zero attached hydrogens (tertiary/aromatic N) is 3. The van der Waals surface area contributed by atoms with Crippen molar-refractivity contribution in [3.8, 4) is 11.3 Å². The first-order valence-electron chi connectivity index (χ1n) is 8.44. The molecule has 2 aromatic heterocycles. The molecule has 3 rings (SSSR count). The average molecular weight is 369 g/mol. The van der Waals surface area contributed by atoms with E-state index >= 15 is 0 Å². The van der Waals surface area contributed by atoms with Gasteiger partial charge in [-0.3, -0.25) is 4.99 Å². The fourth-order valence-electron chi connectivity index (χ4n) is 2.52. The van der Waals surface area contributed by atoms with Crippen LogP contribution in [0.25, 0.3) is 11.3 Å². The standard InChI is InChI=1S/C19H23N5OS/c1-12-5-7-15(8-6-12)16-9-21-18(25-16)11-23-19(20-4)22-10-17-13(2)24-14(3)26-17/h5-9H,10-11H2,1-4H3,(H2,20,22,23). The van der Waals surface area contributed by atoms with Gasteiger partial charge in [-0.15, -0.1) is 11.3 Å². The molecule has 2 heterocycles. The lowest BCUT2D eigenvalue weighted by atomic mass is 10.1. The molecule has 0 amide bonds. The zero-order valence-corrected chi connectivity index (χ0v) is 16.3. The van der Waals surface area contributed by atoms with Crippen LogP contribution in [0, 0.1) is 20.8 Å². The Kier molecular flexibility index (Phi) is 5.68. The number of aromatic nitrogens is 2. The summed E-state index contributed by atoms with van der Waals surface area (Å²) in [7, 11) is 1.74. The van der Waals surface area contributed by atoms with Crippen LogP contribution < -0.4 is 10.6 Å². The van der Waals surface area contributed by atoms with E-state index < -0.39 is 0 Å². The zero-order valence-electron chi connectivity index (χ0n) is 15.5. The number of aryl methyl sites for hydroxylation is 3. The van der Waals surface area contributed by atoms with E-state index in [4.69, 9.17) is 4.42 Å². The molecule has 1 aromatic carbocycles. The van der Waals surface area contributed by atoms with E-state index in [1.807, 2.05) is 26.0 Å². The second-order valence-corrected chi connectivity index (χ2v) is 7.29. The van der Waals surface area contributed by atoms with E-state index in [1.165, 1.54) is 10.4 Å². The van der Waals surface area contributed by atoms with E-state index in [1.54, 1.807) is 24.6 Å². The lowest BCUT2D eigenvalue weighted by Gasteiger charge is -2.09. The van der Waals surface area contributed by atoms with E-state index in [2.05, 4.69) is 44.7 Å². The van der Waals surface area contributed by atoms with Gasteiger partial charge in [0, 0.05) is 17.5 Å². The Hall–Kier alpha value is -2.67. The maximum Gasteiger partial charge on any atom is 0.214 e. The summed E-state index contributed by atoms with van der Waals surface area (Å²) in [6.07, 6.45) is 1.75. The second kappa shape index (κ2) is 8.14. The predicted octanol–water partition coefficient (Wildman–Crippen LogP) is 3.59. The van der Waals surface area contributed by atoms with Crippen LogP contribution in [0.1, 0.15) is 27.0 Å². The Morgan fingerprint density at radius 1 is 1.12 bits per heavy atom. The number of rotatable bonds is 5. The van der Waals surface area contributed by atoms with Crippen molar-refractivity contribution >= 4 is 17.3 Å². The quantitative estimate of drug-likeness (QED) is 0.531. The normalized spacial score (nSPS) is 11.6. The van der Waals surface area contributed by atoms with Crippen LogP contribution in [-0.2, 0) is 13.1 Å². The fourth-order valence-corrected chi connectivity index (χ4v) is 3.40. The Labute approximate surface area is 157 Å². The van der Waals surface area contributed by atoms with Crippen LogP contribution in [0.3, 0.4) is 0 Å². The lowest BCUT2D eigenvalue weighted by molar-refractivity contribution is 0.497. The van der Waals surface area contributed by atoms with Crippen LogP contribution in [0.2, 0.25) is 0 Å². The second-order valence-electron chi connectivity index (χ2n) is 6.01. The zero-order chi connectivity index (χ0) is 18.5. The highest BCUT2D eigenvalue weighted by Crippen LogP contribution is 2.20. The highest BCUT2D eigenvalue weighted by atomic mass is 32.1. The maximum atomic E-state index is 5.83. The smallest absolute Gasteiger partial charge is 0.214 e. The van der Waals surface area contributed by atoms with Gasteiger partial charge >= 0.3 is 0 Å².